The quantitative estimate of drug-likeness (QED) is 0.861. The lowest BCUT2D eigenvalue weighted by molar-refractivity contribution is -0.116. The molecule has 2 aromatic rings. The van der Waals surface area contributed by atoms with Crippen LogP contribution in [0.4, 0.5) is 5.69 Å². The third kappa shape index (κ3) is 3.12. The molecule has 0 heterocycles. The van der Waals surface area contributed by atoms with E-state index in [1.165, 1.54) is 31.4 Å². The van der Waals surface area contributed by atoms with E-state index in [0.717, 1.165) is 5.56 Å². The number of ether oxygens (including phenoxy) is 1. The van der Waals surface area contributed by atoms with Gasteiger partial charge < -0.3 is 10.1 Å². The largest absolute Gasteiger partial charge is 0.495 e. The molecular weight excluding hydrogens is 362 g/mol. The maximum Gasteiger partial charge on any atom is 0.246 e. The molecule has 2 aromatic carbocycles. The van der Waals surface area contributed by atoms with Crippen LogP contribution in [0.3, 0.4) is 0 Å². The number of aryl methyl sites for hydroxylation is 1. The van der Waals surface area contributed by atoms with Gasteiger partial charge in [-0.1, -0.05) is 17.7 Å². The third-order valence-electron chi connectivity index (χ3n) is 4.36. The van der Waals surface area contributed by atoms with Crippen molar-refractivity contribution in [2.45, 2.75) is 29.4 Å². The summed E-state index contributed by atoms with van der Waals surface area (Å²) in [5.74, 6) is -0.0509. The van der Waals surface area contributed by atoms with E-state index in [-0.39, 0.29) is 17.7 Å². The summed E-state index contributed by atoms with van der Waals surface area (Å²) in [5, 5.41) is 3.17. The number of methoxy groups -OCH3 is 1. The monoisotopic (exact) mass is 379 g/mol. The zero-order valence-corrected chi connectivity index (χ0v) is 15.4. The fraction of sp³-hybridized carbons (Fsp3) is 0.278. The van der Waals surface area contributed by atoms with E-state index in [2.05, 4.69) is 5.32 Å². The zero-order chi connectivity index (χ0) is 18.2. The summed E-state index contributed by atoms with van der Waals surface area (Å²) in [6.07, 6.45) is 0.579. The molecule has 1 aliphatic carbocycles. The Kier molecular flexibility index (Phi) is 4.51. The molecule has 7 heteroatoms. The highest BCUT2D eigenvalue weighted by molar-refractivity contribution is 7.94. The summed E-state index contributed by atoms with van der Waals surface area (Å²) in [6, 6.07) is 11.2. The Morgan fingerprint density at radius 3 is 2.36 bits per heavy atom. The Labute approximate surface area is 151 Å². The molecule has 5 nitrogen and oxygen atoms in total. The number of carbonyl (C=O) groups is 1. The second-order valence-electron chi connectivity index (χ2n) is 6.11. The lowest BCUT2D eigenvalue weighted by atomic mass is 10.2. The number of halogens is 1. The van der Waals surface area contributed by atoms with Gasteiger partial charge in [0.2, 0.25) is 5.91 Å². The molecule has 0 unspecified atom stereocenters. The maximum absolute atomic E-state index is 12.9. The Morgan fingerprint density at radius 1 is 1.16 bits per heavy atom. The number of sulfone groups is 1. The van der Waals surface area contributed by atoms with Crippen molar-refractivity contribution in [1.82, 2.24) is 0 Å². The predicted molar refractivity (Wildman–Crippen MR) is 97.0 cm³/mol. The van der Waals surface area contributed by atoms with E-state index >= 15 is 0 Å². The van der Waals surface area contributed by atoms with Crippen LogP contribution in [-0.2, 0) is 14.6 Å². The summed E-state index contributed by atoms with van der Waals surface area (Å²) in [4.78, 5) is 12.9. The highest BCUT2D eigenvalue weighted by atomic mass is 35.5. The Morgan fingerprint density at radius 2 is 1.80 bits per heavy atom. The van der Waals surface area contributed by atoms with Gasteiger partial charge in [0, 0.05) is 5.02 Å². The van der Waals surface area contributed by atoms with Gasteiger partial charge in [-0.2, -0.15) is 0 Å². The predicted octanol–water partition coefficient (Wildman–Crippen LogP) is 3.60. The van der Waals surface area contributed by atoms with E-state index in [4.69, 9.17) is 16.3 Å². The fourth-order valence-corrected chi connectivity index (χ4v) is 4.73. The highest BCUT2D eigenvalue weighted by Crippen LogP contribution is 2.48. The molecule has 0 spiro atoms. The van der Waals surface area contributed by atoms with Crippen molar-refractivity contribution in [1.29, 1.82) is 0 Å². The second-order valence-corrected chi connectivity index (χ2v) is 8.81. The van der Waals surface area contributed by atoms with Crippen LogP contribution in [0, 0.1) is 6.92 Å². The first-order chi connectivity index (χ1) is 11.8. The highest BCUT2D eigenvalue weighted by Gasteiger charge is 2.61. The molecule has 3 rings (SSSR count). The smallest absolute Gasteiger partial charge is 0.246 e. The van der Waals surface area contributed by atoms with E-state index in [1.807, 2.05) is 13.0 Å². The molecule has 0 aromatic heterocycles. The molecule has 1 N–H and O–H groups in total. The van der Waals surface area contributed by atoms with Crippen LogP contribution in [0.5, 0.6) is 5.75 Å². The molecule has 0 radical (unpaired) electrons. The van der Waals surface area contributed by atoms with Gasteiger partial charge >= 0.3 is 0 Å². The number of amides is 1. The van der Waals surface area contributed by atoms with E-state index in [1.54, 1.807) is 12.1 Å². The SMILES string of the molecule is COc1ccc(C)cc1NC(=O)C1(S(=O)(=O)c2ccc(Cl)cc2)CC1. The molecule has 1 fully saturated rings. The van der Waals surface area contributed by atoms with Gasteiger partial charge in [-0.05, 0) is 61.7 Å². The minimum absolute atomic E-state index is 0.0979. The van der Waals surface area contributed by atoms with Crippen LogP contribution < -0.4 is 10.1 Å². The van der Waals surface area contributed by atoms with Crippen molar-refractivity contribution in [3.63, 3.8) is 0 Å². The van der Waals surface area contributed by atoms with Crippen molar-refractivity contribution in [3.05, 3.63) is 53.1 Å². The van der Waals surface area contributed by atoms with Crippen molar-refractivity contribution in [3.8, 4) is 5.75 Å². The molecule has 0 aliphatic heterocycles. The number of benzene rings is 2. The van der Waals surface area contributed by atoms with Gasteiger partial charge in [-0.3, -0.25) is 4.79 Å². The van der Waals surface area contributed by atoms with Gasteiger partial charge in [-0.15, -0.1) is 0 Å². The van der Waals surface area contributed by atoms with Gasteiger partial charge in [0.15, 0.2) is 14.6 Å². The van der Waals surface area contributed by atoms with Crippen LogP contribution in [-0.4, -0.2) is 26.2 Å². The van der Waals surface area contributed by atoms with Crippen molar-refractivity contribution >= 4 is 33.0 Å². The van der Waals surface area contributed by atoms with E-state index in [9.17, 15) is 13.2 Å². The van der Waals surface area contributed by atoms with Crippen molar-refractivity contribution < 1.29 is 17.9 Å². The average Bonchev–Trinajstić information content (AvgIpc) is 3.38. The molecule has 132 valence electrons. The number of rotatable bonds is 5. The molecule has 1 aliphatic rings. The van der Waals surface area contributed by atoms with Gasteiger partial charge in [0.25, 0.3) is 0 Å². The number of carbonyl (C=O) groups excluding carboxylic acids is 1. The molecule has 1 saturated carbocycles. The standard InChI is InChI=1S/C18H18ClNO4S/c1-12-3-8-16(24-2)15(11-12)20-17(21)18(9-10-18)25(22,23)14-6-4-13(19)5-7-14/h3-8,11H,9-10H2,1-2H3,(H,20,21). The normalized spacial score (nSPS) is 15.5. The first-order valence-corrected chi connectivity index (χ1v) is 9.62. The molecule has 0 bridgehead atoms. The summed E-state index contributed by atoms with van der Waals surface area (Å²) >= 11 is 5.82. The van der Waals surface area contributed by atoms with Gasteiger partial charge in [0.1, 0.15) is 5.75 Å². The number of hydrogen-bond donors (Lipinski definition) is 1. The maximum atomic E-state index is 12.9. The zero-order valence-electron chi connectivity index (χ0n) is 13.9. The van der Waals surface area contributed by atoms with Crippen LogP contribution in [0.15, 0.2) is 47.4 Å². The molecule has 25 heavy (non-hydrogen) atoms. The van der Waals surface area contributed by atoms with Crippen LogP contribution in [0.1, 0.15) is 18.4 Å². The summed E-state index contributed by atoms with van der Waals surface area (Å²) in [5.41, 5.74) is 1.39. The summed E-state index contributed by atoms with van der Waals surface area (Å²) < 4.78 is 29.7. The Balaban J connectivity index is 1.92. The van der Waals surface area contributed by atoms with Crippen LogP contribution in [0.2, 0.25) is 5.02 Å². The number of hydrogen-bond acceptors (Lipinski definition) is 4. The van der Waals surface area contributed by atoms with Crippen LogP contribution in [0.25, 0.3) is 0 Å². The summed E-state index contributed by atoms with van der Waals surface area (Å²) in [6.45, 7) is 1.88. The molecule has 0 saturated heterocycles. The lowest BCUT2D eigenvalue weighted by Crippen LogP contribution is -2.37. The fourth-order valence-electron chi connectivity index (χ4n) is 2.73. The second kappa shape index (κ2) is 6.35. The molecular formula is C18H18ClNO4S. The van der Waals surface area contributed by atoms with E-state index in [0.29, 0.717) is 16.5 Å². The Hall–Kier alpha value is -2.05. The topological polar surface area (TPSA) is 72.5 Å². The average molecular weight is 380 g/mol. The van der Waals surface area contributed by atoms with Crippen molar-refractivity contribution in [2.24, 2.45) is 0 Å². The number of nitrogens with one attached hydrogen (secondary N) is 1. The van der Waals surface area contributed by atoms with Crippen LogP contribution >= 0.6 is 11.6 Å². The summed E-state index contributed by atoms with van der Waals surface area (Å²) in [7, 11) is -2.31. The molecule has 1 amide bonds. The van der Waals surface area contributed by atoms with Crippen molar-refractivity contribution in [2.75, 3.05) is 12.4 Å². The first-order valence-electron chi connectivity index (χ1n) is 7.76. The van der Waals surface area contributed by atoms with Gasteiger partial charge in [0.05, 0.1) is 17.7 Å². The minimum Gasteiger partial charge on any atom is -0.495 e. The minimum atomic E-state index is -3.80. The van der Waals surface area contributed by atoms with Gasteiger partial charge in [-0.25, -0.2) is 8.42 Å². The Bertz CT molecular complexity index is 919. The lowest BCUT2D eigenvalue weighted by Gasteiger charge is -2.18. The third-order valence-corrected chi connectivity index (χ3v) is 7.13. The van der Waals surface area contributed by atoms with E-state index < -0.39 is 20.5 Å². The molecule has 0 atom stereocenters. The first kappa shape index (κ1) is 17.8. The number of anilines is 1.